The number of hydrogen-bond acceptors (Lipinski definition) is 4. The van der Waals surface area contributed by atoms with Gasteiger partial charge in [0.2, 0.25) is 0 Å². The zero-order valence-corrected chi connectivity index (χ0v) is 20.7. The van der Waals surface area contributed by atoms with Gasteiger partial charge in [0, 0.05) is 51.6 Å². The van der Waals surface area contributed by atoms with Crippen LogP contribution in [0.3, 0.4) is 0 Å². The third-order valence-corrected chi connectivity index (χ3v) is 6.82. The Morgan fingerprint density at radius 1 is 0.692 bits per heavy atom. The maximum atomic E-state index is 12.6. The molecule has 0 aliphatic heterocycles. The molecule has 4 heterocycles. The van der Waals surface area contributed by atoms with Crippen LogP contribution in [0.1, 0.15) is 10.4 Å². The highest BCUT2D eigenvalue weighted by molar-refractivity contribution is 6.05. The fourth-order valence-corrected chi connectivity index (χ4v) is 4.91. The van der Waals surface area contributed by atoms with Crippen LogP contribution in [0.25, 0.3) is 55.4 Å². The monoisotopic (exact) mass is 506 g/mol. The Balaban J connectivity index is 1.25. The van der Waals surface area contributed by atoms with Gasteiger partial charge in [-0.1, -0.05) is 42.5 Å². The zero-order chi connectivity index (χ0) is 26.2. The van der Waals surface area contributed by atoms with E-state index >= 15 is 0 Å². The molecule has 0 unspecified atom stereocenters. The van der Waals surface area contributed by atoms with E-state index in [0.717, 1.165) is 55.4 Å². The lowest BCUT2D eigenvalue weighted by atomic mass is 10.0. The Hall–Kier alpha value is -5.56. The summed E-state index contributed by atoms with van der Waals surface area (Å²) >= 11 is 0. The molecular formula is C32H22N6O. The zero-order valence-electron chi connectivity index (χ0n) is 20.7. The number of hydrogen-bond donors (Lipinski definition) is 3. The van der Waals surface area contributed by atoms with Crippen molar-refractivity contribution >= 4 is 33.4 Å². The summed E-state index contributed by atoms with van der Waals surface area (Å²) in [6.07, 6.45) is 7.10. The van der Waals surface area contributed by atoms with Crippen LogP contribution >= 0.6 is 0 Å². The molecule has 0 aliphatic rings. The average molecular weight is 507 g/mol. The van der Waals surface area contributed by atoms with Crippen LogP contribution in [0.5, 0.6) is 0 Å². The first-order chi connectivity index (χ1) is 19.2. The van der Waals surface area contributed by atoms with Crippen molar-refractivity contribution in [3.8, 4) is 33.6 Å². The van der Waals surface area contributed by atoms with Gasteiger partial charge in [0.15, 0.2) is 0 Å². The lowest BCUT2D eigenvalue weighted by Crippen LogP contribution is -2.11. The predicted octanol–water partition coefficient (Wildman–Crippen LogP) is 7.09. The van der Waals surface area contributed by atoms with Gasteiger partial charge in [-0.15, -0.1) is 0 Å². The molecule has 0 saturated heterocycles. The van der Waals surface area contributed by atoms with E-state index in [1.54, 1.807) is 30.7 Å². The predicted molar refractivity (Wildman–Crippen MR) is 154 cm³/mol. The Labute approximate surface area is 223 Å². The van der Waals surface area contributed by atoms with Crippen molar-refractivity contribution in [1.82, 2.24) is 25.1 Å². The number of aromatic amines is 2. The molecule has 39 heavy (non-hydrogen) atoms. The standard InChI is InChI=1S/C32H22N6O/c39-32(20-6-2-1-3-7-20)35-24-14-23(18-34-19-24)21-11-12-29-27(15-21)31(38-37-29)30-16-26-25(9-4-10-28(26)36-30)22-8-5-13-33-17-22/h1-19,36H,(H,35,39)(H,37,38). The molecule has 0 bridgehead atoms. The fraction of sp³-hybridized carbons (Fsp3) is 0. The van der Waals surface area contributed by atoms with Gasteiger partial charge in [-0.2, -0.15) is 5.10 Å². The fourth-order valence-electron chi connectivity index (χ4n) is 4.91. The molecule has 0 atom stereocenters. The summed E-state index contributed by atoms with van der Waals surface area (Å²) < 4.78 is 0. The minimum absolute atomic E-state index is 0.174. The molecule has 1 amide bonds. The van der Waals surface area contributed by atoms with Gasteiger partial charge in [0.25, 0.3) is 5.91 Å². The highest BCUT2D eigenvalue weighted by atomic mass is 16.1. The Kier molecular flexibility index (Phi) is 5.45. The van der Waals surface area contributed by atoms with Crippen LogP contribution in [0, 0.1) is 0 Å². The van der Waals surface area contributed by atoms with E-state index in [1.165, 1.54) is 0 Å². The van der Waals surface area contributed by atoms with E-state index in [2.05, 4.69) is 60.8 Å². The number of nitrogens with one attached hydrogen (secondary N) is 3. The minimum Gasteiger partial charge on any atom is -0.353 e. The molecule has 0 saturated carbocycles. The largest absolute Gasteiger partial charge is 0.353 e. The summed E-state index contributed by atoms with van der Waals surface area (Å²) in [5.41, 5.74) is 8.99. The molecule has 0 aliphatic carbocycles. The molecule has 7 aromatic rings. The second-order valence-electron chi connectivity index (χ2n) is 9.31. The van der Waals surface area contributed by atoms with Crippen LogP contribution in [0.4, 0.5) is 5.69 Å². The van der Waals surface area contributed by atoms with Gasteiger partial charge >= 0.3 is 0 Å². The topological polar surface area (TPSA) is 99.3 Å². The third-order valence-electron chi connectivity index (χ3n) is 6.82. The molecule has 0 radical (unpaired) electrons. The van der Waals surface area contributed by atoms with E-state index in [1.807, 2.05) is 54.7 Å². The molecule has 7 nitrogen and oxygen atoms in total. The highest BCUT2D eigenvalue weighted by Gasteiger charge is 2.15. The number of carbonyl (C=O) groups excluding carboxylic acids is 1. The molecule has 0 spiro atoms. The molecule has 7 heteroatoms. The average Bonchev–Trinajstić information content (AvgIpc) is 3.62. The van der Waals surface area contributed by atoms with Crippen LogP contribution in [-0.4, -0.2) is 31.1 Å². The molecule has 4 aromatic heterocycles. The van der Waals surface area contributed by atoms with Gasteiger partial charge < -0.3 is 10.3 Å². The summed E-state index contributed by atoms with van der Waals surface area (Å²) in [4.78, 5) is 24.8. The molecular weight excluding hydrogens is 484 g/mol. The molecule has 3 N–H and O–H groups in total. The first kappa shape index (κ1) is 22.6. The third kappa shape index (κ3) is 4.22. The normalized spacial score (nSPS) is 11.2. The maximum Gasteiger partial charge on any atom is 0.255 e. The number of rotatable bonds is 5. The van der Waals surface area contributed by atoms with Crippen LogP contribution in [0.15, 0.2) is 116 Å². The van der Waals surface area contributed by atoms with E-state index in [0.29, 0.717) is 11.3 Å². The first-order valence-corrected chi connectivity index (χ1v) is 12.6. The van der Waals surface area contributed by atoms with Crippen LogP contribution < -0.4 is 5.32 Å². The van der Waals surface area contributed by atoms with Crippen molar-refractivity contribution in [3.05, 3.63) is 121 Å². The number of fused-ring (bicyclic) bond motifs is 2. The van der Waals surface area contributed by atoms with Crippen molar-refractivity contribution in [2.24, 2.45) is 0 Å². The number of nitrogens with zero attached hydrogens (tertiary/aromatic N) is 3. The summed E-state index contributed by atoms with van der Waals surface area (Å²) in [5, 5.41) is 12.8. The van der Waals surface area contributed by atoms with Gasteiger partial charge in [-0.3, -0.25) is 19.9 Å². The lowest BCUT2D eigenvalue weighted by Gasteiger charge is -2.08. The number of aromatic nitrogens is 5. The van der Waals surface area contributed by atoms with E-state index in [9.17, 15) is 4.79 Å². The second-order valence-corrected chi connectivity index (χ2v) is 9.31. The number of benzene rings is 3. The molecule has 7 rings (SSSR count). The van der Waals surface area contributed by atoms with Crippen molar-refractivity contribution in [2.75, 3.05) is 5.32 Å². The second kappa shape index (κ2) is 9.39. The van der Waals surface area contributed by atoms with E-state index in [4.69, 9.17) is 0 Å². The van der Waals surface area contributed by atoms with Crippen molar-refractivity contribution < 1.29 is 4.79 Å². The Morgan fingerprint density at radius 3 is 2.46 bits per heavy atom. The highest BCUT2D eigenvalue weighted by Crippen LogP contribution is 2.35. The van der Waals surface area contributed by atoms with Crippen molar-refractivity contribution in [3.63, 3.8) is 0 Å². The molecule has 0 fully saturated rings. The Bertz CT molecular complexity index is 1960. The lowest BCUT2D eigenvalue weighted by molar-refractivity contribution is 0.102. The quantitative estimate of drug-likeness (QED) is 0.232. The summed E-state index contributed by atoms with van der Waals surface area (Å²) in [7, 11) is 0. The van der Waals surface area contributed by atoms with Crippen molar-refractivity contribution in [2.45, 2.75) is 0 Å². The first-order valence-electron chi connectivity index (χ1n) is 12.6. The summed E-state index contributed by atoms with van der Waals surface area (Å²) in [6, 6.07) is 29.6. The minimum atomic E-state index is -0.174. The number of H-pyrrole nitrogens is 2. The summed E-state index contributed by atoms with van der Waals surface area (Å²) in [6.45, 7) is 0. The number of pyridine rings is 2. The van der Waals surface area contributed by atoms with Gasteiger partial charge in [-0.25, -0.2) is 0 Å². The van der Waals surface area contributed by atoms with Crippen molar-refractivity contribution in [1.29, 1.82) is 0 Å². The number of amides is 1. The van der Waals surface area contributed by atoms with Crippen LogP contribution in [-0.2, 0) is 0 Å². The van der Waals surface area contributed by atoms with E-state index in [-0.39, 0.29) is 5.91 Å². The SMILES string of the molecule is O=C(Nc1cncc(-c2ccc3[nH]nc(-c4cc5c(-c6cccnc6)cccc5[nH]4)c3c2)c1)c1ccccc1. The molecule has 186 valence electrons. The van der Waals surface area contributed by atoms with E-state index < -0.39 is 0 Å². The molecule has 3 aromatic carbocycles. The smallest absolute Gasteiger partial charge is 0.255 e. The number of anilines is 1. The Morgan fingerprint density at radius 2 is 1.59 bits per heavy atom. The van der Waals surface area contributed by atoms with Crippen LogP contribution in [0.2, 0.25) is 0 Å². The van der Waals surface area contributed by atoms with Gasteiger partial charge in [0.1, 0.15) is 5.69 Å². The van der Waals surface area contributed by atoms with Gasteiger partial charge in [0.05, 0.1) is 23.1 Å². The maximum absolute atomic E-state index is 12.6. The van der Waals surface area contributed by atoms with Gasteiger partial charge in [-0.05, 0) is 59.7 Å². The summed E-state index contributed by atoms with van der Waals surface area (Å²) in [5.74, 6) is -0.174. The number of carbonyl (C=O) groups is 1.